The van der Waals surface area contributed by atoms with Crippen LogP contribution in [0.5, 0.6) is 0 Å². The molecule has 1 aliphatic heterocycles. The molecule has 4 aromatic rings. The van der Waals surface area contributed by atoms with Gasteiger partial charge in [-0.25, -0.2) is 9.97 Å². The Hall–Kier alpha value is -3.19. The number of benzene rings is 1. The molecule has 1 N–H and O–H groups in total. The van der Waals surface area contributed by atoms with Crippen molar-refractivity contribution in [1.29, 1.82) is 0 Å². The highest BCUT2D eigenvalue weighted by Crippen LogP contribution is 2.42. The molecule has 2 fully saturated rings. The van der Waals surface area contributed by atoms with Gasteiger partial charge in [-0.2, -0.15) is 0 Å². The number of aliphatic hydroxyl groups is 1. The van der Waals surface area contributed by atoms with Crippen molar-refractivity contribution in [3.8, 4) is 0 Å². The molecule has 4 atom stereocenters. The largest absolute Gasteiger partial charge is 0.391 e. The summed E-state index contributed by atoms with van der Waals surface area (Å²) >= 11 is 0. The zero-order chi connectivity index (χ0) is 21.1. The monoisotopic (exact) mass is 415 g/mol. The van der Waals surface area contributed by atoms with E-state index >= 15 is 0 Å². The first-order valence-electron chi connectivity index (χ1n) is 10.9. The highest BCUT2D eigenvalue weighted by Gasteiger charge is 2.44. The smallest absolute Gasteiger partial charge is 0.274 e. The van der Waals surface area contributed by atoms with Gasteiger partial charge in [0.15, 0.2) is 0 Å². The van der Waals surface area contributed by atoms with Gasteiger partial charge in [0.05, 0.1) is 29.5 Å². The van der Waals surface area contributed by atoms with Gasteiger partial charge in [0.2, 0.25) is 0 Å². The van der Waals surface area contributed by atoms with E-state index in [1.54, 1.807) is 0 Å². The molecular weight excluding hydrogens is 390 g/mol. The fourth-order valence-corrected chi connectivity index (χ4v) is 5.46. The van der Waals surface area contributed by atoms with Crippen molar-refractivity contribution in [1.82, 2.24) is 23.8 Å². The first-order chi connectivity index (χ1) is 15.1. The molecule has 0 radical (unpaired) electrons. The number of hydrogen-bond acceptors (Lipinski definition) is 4. The Bertz CT molecular complexity index is 1290. The van der Waals surface area contributed by atoms with Gasteiger partial charge in [-0.15, -0.1) is 0 Å². The van der Waals surface area contributed by atoms with Gasteiger partial charge in [-0.3, -0.25) is 4.79 Å². The van der Waals surface area contributed by atoms with E-state index in [2.05, 4.69) is 20.6 Å². The van der Waals surface area contributed by atoms with Crippen LogP contribution in [0.25, 0.3) is 16.7 Å². The Balaban J connectivity index is 1.23. The SMILES string of the molecule is Cc1ccn2cc(C(=O)N3C[C@H]4C[C@@H](n5cnc6ccccc65)[C@H](O)C[C@H]4C3)nc2c1. The molecule has 0 unspecified atom stereocenters. The third-order valence-corrected chi connectivity index (χ3v) is 7.07. The summed E-state index contributed by atoms with van der Waals surface area (Å²) in [6.45, 7) is 3.42. The lowest BCUT2D eigenvalue weighted by molar-refractivity contribution is 0.0374. The topological polar surface area (TPSA) is 75.7 Å². The van der Waals surface area contributed by atoms with Gasteiger partial charge in [-0.05, 0) is 61.4 Å². The van der Waals surface area contributed by atoms with Crippen LogP contribution in [-0.2, 0) is 0 Å². The van der Waals surface area contributed by atoms with Gasteiger partial charge in [0.1, 0.15) is 11.3 Å². The van der Waals surface area contributed by atoms with Crippen LogP contribution < -0.4 is 0 Å². The summed E-state index contributed by atoms with van der Waals surface area (Å²) in [6, 6.07) is 12.0. The molecular formula is C24H25N5O2. The van der Waals surface area contributed by atoms with E-state index in [1.165, 1.54) is 0 Å². The first kappa shape index (κ1) is 18.6. The maximum Gasteiger partial charge on any atom is 0.274 e. The molecule has 1 saturated carbocycles. The quantitative estimate of drug-likeness (QED) is 0.546. The Morgan fingerprint density at radius 2 is 1.94 bits per heavy atom. The van der Waals surface area contributed by atoms with Crippen molar-refractivity contribution in [3.05, 3.63) is 66.4 Å². The lowest BCUT2D eigenvalue weighted by Gasteiger charge is -2.36. The highest BCUT2D eigenvalue weighted by molar-refractivity contribution is 5.93. The molecule has 6 rings (SSSR count). The minimum atomic E-state index is -0.438. The molecule has 3 aromatic heterocycles. The molecule has 0 bridgehead atoms. The molecule has 1 aliphatic carbocycles. The number of fused-ring (bicyclic) bond motifs is 3. The molecule has 0 spiro atoms. The average Bonchev–Trinajstić information content (AvgIpc) is 3.48. The molecule has 158 valence electrons. The molecule has 1 amide bonds. The van der Waals surface area contributed by atoms with Gasteiger partial charge < -0.3 is 19.0 Å². The summed E-state index contributed by atoms with van der Waals surface area (Å²) in [6.07, 6.45) is 6.71. The summed E-state index contributed by atoms with van der Waals surface area (Å²) in [5.74, 6) is 0.678. The van der Waals surface area contributed by atoms with Crippen molar-refractivity contribution >= 4 is 22.6 Å². The molecule has 7 heteroatoms. The van der Waals surface area contributed by atoms with Crippen LogP contribution in [0, 0.1) is 18.8 Å². The van der Waals surface area contributed by atoms with Crippen molar-refractivity contribution in [2.75, 3.05) is 13.1 Å². The second-order valence-electron chi connectivity index (χ2n) is 9.07. The summed E-state index contributed by atoms with van der Waals surface area (Å²) < 4.78 is 4.01. The second-order valence-corrected chi connectivity index (χ2v) is 9.07. The number of rotatable bonds is 2. The van der Waals surface area contributed by atoms with Crippen molar-refractivity contribution in [3.63, 3.8) is 0 Å². The second kappa shape index (κ2) is 6.92. The average molecular weight is 415 g/mol. The summed E-state index contributed by atoms with van der Waals surface area (Å²) in [5.41, 5.74) is 4.40. The van der Waals surface area contributed by atoms with Crippen LogP contribution >= 0.6 is 0 Å². The molecule has 4 heterocycles. The van der Waals surface area contributed by atoms with Crippen LogP contribution in [0.3, 0.4) is 0 Å². The van der Waals surface area contributed by atoms with E-state index in [0.29, 0.717) is 37.0 Å². The third kappa shape index (κ3) is 3.03. The normalized spacial score (nSPS) is 25.9. The first-order valence-corrected chi connectivity index (χ1v) is 10.9. The van der Waals surface area contributed by atoms with Gasteiger partial charge in [-0.1, -0.05) is 12.1 Å². The number of aliphatic hydroxyl groups excluding tert-OH is 1. The predicted molar refractivity (Wildman–Crippen MR) is 117 cm³/mol. The number of hydrogen-bond donors (Lipinski definition) is 1. The van der Waals surface area contributed by atoms with Crippen molar-refractivity contribution < 1.29 is 9.90 Å². The van der Waals surface area contributed by atoms with Crippen LogP contribution in [0.2, 0.25) is 0 Å². The number of carbonyl (C=O) groups excluding carboxylic acids is 1. The number of carbonyl (C=O) groups is 1. The number of para-hydroxylation sites is 2. The Labute approximate surface area is 180 Å². The highest BCUT2D eigenvalue weighted by atomic mass is 16.3. The molecule has 7 nitrogen and oxygen atoms in total. The number of aryl methyl sites for hydroxylation is 1. The van der Waals surface area contributed by atoms with Gasteiger partial charge in [0.25, 0.3) is 5.91 Å². The Morgan fingerprint density at radius 3 is 2.81 bits per heavy atom. The van der Waals surface area contributed by atoms with Crippen molar-refractivity contribution in [2.24, 2.45) is 11.8 Å². The van der Waals surface area contributed by atoms with Crippen LogP contribution in [0.15, 0.2) is 55.1 Å². The number of nitrogens with zero attached hydrogens (tertiary/aromatic N) is 5. The zero-order valence-electron chi connectivity index (χ0n) is 17.4. The lowest BCUT2D eigenvalue weighted by Crippen LogP contribution is -2.36. The zero-order valence-corrected chi connectivity index (χ0v) is 17.4. The van der Waals surface area contributed by atoms with Crippen LogP contribution in [0.4, 0.5) is 0 Å². The molecule has 2 aliphatic rings. The van der Waals surface area contributed by atoms with Gasteiger partial charge >= 0.3 is 0 Å². The minimum absolute atomic E-state index is 0.0122. The number of amides is 1. The Kier molecular flexibility index (Phi) is 4.14. The lowest BCUT2D eigenvalue weighted by atomic mass is 9.77. The van der Waals surface area contributed by atoms with Crippen molar-refractivity contribution in [2.45, 2.75) is 31.9 Å². The van der Waals surface area contributed by atoms with E-state index in [0.717, 1.165) is 28.7 Å². The Morgan fingerprint density at radius 1 is 1.13 bits per heavy atom. The molecule has 1 saturated heterocycles. The fourth-order valence-electron chi connectivity index (χ4n) is 5.46. The maximum atomic E-state index is 13.2. The maximum absolute atomic E-state index is 13.2. The number of pyridine rings is 1. The minimum Gasteiger partial charge on any atom is -0.391 e. The summed E-state index contributed by atoms with van der Waals surface area (Å²) in [4.78, 5) is 24.2. The van der Waals surface area contributed by atoms with E-state index in [4.69, 9.17) is 0 Å². The molecule has 31 heavy (non-hydrogen) atoms. The third-order valence-electron chi connectivity index (χ3n) is 7.07. The van der Waals surface area contributed by atoms with Gasteiger partial charge in [0, 0.05) is 25.5 Å². The van der Waals surface area contributed by atoms with E-state index in [1.807, 2.05) is 65.3 Å². The molecule has 1 aromatic carbocycles. The summed E-state index contributed by atoms with van der Waals surface area (Å²) in [5, 5.41) is 10.9. The van der Waals surface area contributed by atoms with E-state index < -0.39 is 6.10 Å². The number of imidazole rings is 2. The fraction of sp³-hybridized carbons (Fsp3) is 0.375. The standard InChI is InChI=1S/C24H25N5O2/c1-15-6-7-27-13-19(26-23(27)8-15)24(31)28-11-16-9-21(22(30)10-17(16)12-28)29-14-25-18-4-2-3-5-20(18)29/h2-8,13-14,16-17,21-22,30H,9-12H2,1H3/t16-,17+,21-,22-/m1/s1. The summed E-state index contributed by atoms with van der Waals surface area (Å²) in [7, 11) is 0. The van der Waals surface area contributed by atoms with E-state index in [-0.39, 0.29) is 11.9 Å². The predicted octanol–water partition coefficient (Wildman–Crippen LogP) is 3.08. The number of aromatic nitrogens is 4. The number of likely N-dealkylation sites (tertiary alicyclic amines) is 1. The van der Waals surface area contributed by atoms with Crippen LogP contribution in [0.1, 0.15) is 34.9 Å². The van der Waals surface area contributed by atoms with Crippen LogP contribution in [-0.4, -0.2) is 54.0 Å². The van der Waals surface area contributed by atoms with E-state index in [9.17, 15) is 9.90 Å².